The Morgan fingerprint density at radius 3 is 0.879 bits per heavy atom. The Hall–Kier alpha value is -1.22. The Labute approximate surface area is 400 Å². The maximum absolute atomic E-state index is 12.2. The molecular formula is C49H96O15P2. The fraction of sp³-hybridized carbons (Fsp3) is 0.918. The number of unbranched alkanes of at least 4 members (excludes halogenated alkanes) is 29. The molecule has 0 saturated heterocycles. The topological polar surface area (TPSA) is 225 Å². The van der Waals surface area contributed by atoms with Gasteiger partial charge in [-0.1, -0.05) is 193 Å². The van der Waals surface area contributed by atoms with Crippen LogP contribution >= 0.6 is 15.6 Å². The van der Waals surface area contributed by atoms with Crippen molar-refractivity contribution in [3.8, 4) is 0 Å². The summed E-state index contributed by atoms with van der Waals surface area (Å²) in [7, 11) is -9.56. The van der Waals surface area contributed by atoms with Gasteiger partial charge in [-0.2, -0.15) is 0 Å². The maximum atomic E-state index is 12.2. The fourth-order valence-electron chi connectivity index (χ4n) is 7.15. The number of aliphatic hydroxyl groups is 3. The second kappa shape index (κ2) is 46.2. The molecule has 0 rings (SSSR count). The standard InChI is InChI=1S/C49H96O15P2/c1-3-5-7-9-11-13-15-17-19-21-23-25-27-29-31-33-35-37-48(53)59-39-45(50)41-61-65(55,56)63-43-47(52)44-64-66(57,58)62-42-46(51)40-60-49(54)38-36-34-32-30-28-26-24-22-20-18-16-14-12-10-8-6-4-2/h17,19,45-47,50-52H,3-16,18,20-44H2,1-2H3,(H,55,56)(H,57,58)/b19-17+. The molecule has 0 aliphatic heterocycles. The first-order valence-corrected chi connectivity index (χ1v) is 29.0. The first-order valence-electron chi connectivity index (χ1n) is 26.0. The summed E-state index contributed by atoms with van der Waals surface area (Å²) in [5.41, 5.74) is 0. The van der Waals surface area contributed by atoms with E-state index >= 15 is 0 Å². The average molecular weight is 987 g/mol. The third-order valence-corrected chi connectivity index (χ3v) is 13.1. The van der Waals surface area contributed by atoms with Crippen LogP contribution in [0.5, 0.6) is 0 Å². The molecule has 0 bridgehead atoms. The Bertz CT molecular complexity index is 1240. The highest BCUT2D eigenvalue weighted by Crippen LogP contribution is 2.45. The highest BCUT2D eigenvalue weighted by Gasteiger charge is 2.28. The number of aliphatic hydroxyl groups excluding tert-OH is 3. The van der Waals surface area contributed by atoms with Gasteiger partial charge >= 0.3 is 27.6 Å². The molecule has 0 radical (unpaired) electrons. The molecule has 0 heterocycles. The zero-order valence-corrected chi connectivity index (χ0v) is 43.2. The van der Waals surface area contributed by atoms with Crippen molar-refractivity contribution in [3.05, 3.63) is 12.2 Å². The summed E-state index contributed by atoms with van der Waals surface area (Å²) in [6, 6.07) is 0. The van der Waals surface area contributed by atoms with Crippen LogP contribution in [0.2, 0.25) is 0 Å². The molecule has 0 aliphatic carbocycles. The minimum Gasteiger partial charge on any atom is -0.463 e. The molecule has 0 fully saturated rings. The van der Waals surface area contributed by atoms with Gasteiger partial charge in [0.1, 0.15) is 31.5 Å². The lowest BCUT2D eigenvalue weighted by molar-refractivity contribution is -0.148. The van der Waals surface area contributed by atoms with Crippen molar-refractivity contribution >= 4 is 27.6 Å². The lowest BCUT2D eigenvalue weighted by Gasteiger charge is -2.19. The zero-order valence-electron chi connectivity index (χ0n) is 41.4. The van der Waals surface area contributed by atoms with Crippen molar-refractivity contribution in [2.75, 3.05) is 39.6 Å². The highest BCUT2D eigenvalue weighted by atomic mass is 31.2. The summed E-state index contributed by atoms with van der Waals surface area (Å²) >= 11 is 0. The number of allylic oxidation sites excluding steroid dienone is 2. The van der Waals surface area contributed by atoms with Gasteiger partial charge in [0.25, 0.3) is 0 Å². The molecule has 0 aromatic heterocycles. The van der Waals surface area contributed by atoms with Crippen molar-refractivity contribution in [1.29, 1.82) is 0 Å². The van der Waals surface area contributed by atoms with Crippen LogP contribution < -0.4 is 0 Å². The molecule has 392 valence electrons. The van der Waals surface area contributed by atoms with Crippen molar-refractivity contribution in [1.82, 2.24) is 0 Å². The summed E-state index contributed by atoms with van der Waals surface area (Å²) in [5, 5.41) is 30.1. The third-order valence-electron chi connectivity index (χ3n) is 11.2. The van der Waals surface area contributed by atoms with Crippen molar-refractivity contribution in [2.45, 2.75) is 250 Å². The Balaban J connectivity index is 3.83. The van der Waals surface area contributed by atoms with Crippen molar-refractivity contribution in [3.63, 3.8) is 0 Å². The van der Waals surface area contributed by atoms with Gasteiger partial charge in [-0.25, -0.2) is 9.13 Å². The Morgan fingerprint density at radius 1 is 0.379 bits per heavy atom. The van der Waals surface area contributed by atoms with Crippen LogP contribution in [0.15, 0.2) is 12.2 Å². The maximum Gasteiger partial charge on any atom is 0.472 e. The van der Waals surface area contributed by atoms with E-state index in [2.05, 4.69) is 35.0 Å². The van der Waals surface area contributed by atoms with Gasteiger partial charge in [0.15, 0.2) is 0 Å². The minimum atomic E-state index is -4.78. The van der Waals surface area contributed by atoms with Crippen LogP contribution in [0.25, 0.3) is 0 Å². The van der Waals surface area contributed by atoms with Gasteiger partial charge in [0, 0.05) is 12.8 Å². The van der Waals surface area contributed by atoms with Gasteiger partial charge in [-0.05, 0) is 38.5 Å². The van der Waals surface area contributed by atoms with Gasteiger partial charge < -0.3 is 34.6 Å². The van der Waals surface area contributed by atoms with Gasteiger partial charge in [-0.3, -0.25) is 27.7 Å². The molecular weight excluding hydrogens is 890 g/mol. The minimum absolute atomic E-state index is 0.194. The average Bonchev–Trinajstić information content (AvgIpc) is 3.29. The van der Waals surface area contributed by atoms with Crippen LogP contribution in [0.4, 0.5) is 0 Å². The van der Waals surface area contributed by atoms with E-state index in [-0.39, 0.29) is 12.8 Å². The lowest BCUT2D eigenvalue weighted by atomic mass is 10.0. The smallest absolute Gasteiger partial charge is 0.463 e. The van der Waals surface area contributed by atoms with Gasteiger partial charge in [-0.15, -0.1) is 0 Å². The quantitative estimate of drug-likeness (QED) is 0.0165. The summed E-state index contributed by atoms with van der Waals surface area (Å²) in [6.45, 7) is 0.464. The third kappa shape index (κ3) is 47.8. The van der Waals surface area contributed by atoms with E-state index in [1.54, 1.807) is 0 Å². The summed E-state index contributed by atoms with van der Waals surface area (Å²) in [4.78, 5) is 43.8. The van der Waals surface area contributed by atoms with E-state index in [4.69, 9.17) is 18.5 Å². The second-order valence-corrected chi connectivity index (χ2v) is 20.8. The first-order chi connectivity index (χ1) is 31.8. The SMILES string of the molecule is CCCCCCCC/C=C/CCCCCCCCCC(=O)OCC(O)COP(=O)(O)OCC(O)COP(=O)(O)OCC(O)COC(=O)CCCCCCCCCCCCCCCCCCC. The number of hydrogen-bond donors (Lipinski definition) is 5. The van der Waals surface area contributed by atoms with E-state index < -0.39 is 85.5 Å². The predicted octanol–water partition coefficient (Wildman–Crippen LogP) is 12.3. The van der Waals surface area contributed by atoms with E-state index in [1.165, 1.54) is 148 Å². The Morgan fingerprint density at radius 2 is 0.606 bits per heavy atom. The number of phosphoric acid groups is 2. The van der Waals surface area contributed by atoms with E-state index in [0.29, 0.717) is 12.8 Å². The number of carbonyl (C=O) groups excluding carboxylic acids is 2. The van der Waals surface area contributed by atoms with Gasteiger partial charge in [0.2, 0.25) is 0 Å². The molecule has 0 spiro atoms. The molecule has 17 heteroatoms. The molecule has 0 aromatic carbocycles. The predicted molar refractivity (Wildman–Crippen MR) is 261 cm³/mol. The lowest BCUT2D eigenvalue weighted by Crippen LogP contribution is -2.25. The summed E-state index contributed by atoms with van der Waals surface area (Å²) in [6.07, 6.45) is 39.1. The zero-order chi connectivity index (χ0) is 48.8. The molecule has 0 saturated carbocycles. The fourth-order valence-corrected chi connectivity index (χ4v) is 8.74. The molecule has 0 amide bonds. The molecule has 0 aliphatic rings. The molecule has 5 N–H and O–H groups in total. The van der Waals surface area contributed by atoms with Crippen LogP contribution in [0, 0.1) is 0 Å². The number of ether oxygens (including phenoxy) is 2. The molecule has 0 aromatic rings. The van der Waals surface area contributed by atoms with Crippen molar-refractivity contribution < 1.29 is 71.4 Å². The monoisotopic (exact) mass is 987 g/mol. The van der Waals surface area contributed by atoms with E-state index in [9.17, 15) is 43.8 Å². The van der Waals surface area contributed by atoms with Crippen LogP contribution in [0.1, 0.15) is 232 Å². The van der Waals surface area contributed by atoms with E-state index in [1.807, 2.05) is 0 Å². The summed E-state index contributed by atoms with van der Waals surface area (Å²) in [5.74, 6) is -0.989. The van der Waals surface area contributed by atoms with Crippen molar-refractivity contribution in [2.24, 2.45) is 0 Å². The van der Waals surface area contributed by atoms with Crippen LogP contribution in [0.3, 0.4) is 0 Å². The summed E-state index contributed by atoms with van der Waals surface area (Å²) < 4.78 is 53.1. The molecule has 5 unspecified atom stereocenters. The first kappa shape index (κ1) is 64.8. The van der Waals surface area contributed by atoms with Crippen LogP contribution in [-0.2, 0) is 46.3 Å². The molecule has 15 nitrogen and oxygen atoms in total. The number of hydrogen-bond acceptors (Lipinski definition) is 13. The number of phosphoric ester groups is 2. The van der Waals surface area contributed by atoms with Gasteiger partial charge in [0.05, 0.1) is 26.4 Å². The Kier molecular flexibility index (Phi) is 45.3. The number of rotatable bonds is 51. The normalized spacial score (nSPS) is 15.1. The highest BCUT2D eigenvalue weighted by molar-refractivity contribution is 7.47. The molecule has 66 heavy (non-hydrogen) atoms. The van der Waals surface area contributed by atoms with E-state index in [0.717, 1.165) is 44.9 Å². The largest absolute Gasteiger partial charge is 0.472 e. The van der Waals surface area contributed by atoms with Crippen LogP contribution in [-0.4, -0.2) is 95.0 Å². The second-order valence-electron chi connectivity index (χ2n) is 17.9. The molecule has 5 atom stereocenters. The number of esters is 2. The number of carbonyl (C=O) groups is 2.